The normalized spacial score (nSPS) is 9.47. The number of nitrogens with two attached hydrogens (primary N) is 1. The second-order valence-electron chi connectivity index (χ2n) is 3.15. The molecule has 1 rings (SSSR count). The number of carbonyl (C=O) groups is 1. The molecule has 0 spiro atoms. The first-order chi connectivity index (χ1) is 7.13. The zero-order valence-electron chi connectivity index (χ0n) is 8.70. The predicted molar refractivity (Wildman–Crippen MR) is 55.1 cm³/mol. The van der Waals surface area contributed by atoms with E-state index in [4.69, 9.17) is 11.0 Å². The maximum absolute atomic E-state index is 11.4. The number of nitriles is 1. The van der Waals surface area contributed by atoms with Gasteiger partial charge in [-0.3, -0.25) is 0 Å². The lowest BCUT2D eigenvalue weighted by Gasteiger charge is -2.08. The molecule has 0 aliphatic carbocycles. The number of benzene rings is 1. The standard InChI is InChI=1S/C11H12N2O2/c1-7-3-8(5-12)10(6-13)9(4-7)11(14)15-2/h3-4H,6,13H2,1-2H3. The van der Waals surface area contributed by atoms with Crippen LogP contribution in [0.25, 0.3) is 0 Å². The SMILES string of the molecule is COC(=O)c1cc(C)cc(C#N)c1CN. The van der Waals surface area contributed by atoms with E-state index in [0.29, 0.717) is 16.7 Å². The lowest BCUT2D eigenvalue weighted by atomic mass is 9.99. The first-order valence-corrected chi connectivity index (χ1v) is 4.46. The molecule has 0 bridgehead atoms. The minimum Gasteiger partial charge on any atom is -0.465 e. The highest BCUT2D eigenvalue weighted by atomic mass is 16.5. The van der Waals surface area contributed by atoms with Crippen LogP contribution in [0.4, 0.5) is 0 Å². The number of methoxy groups -OCH3 is 1. The summed E-state index contributed by atoms with van der Waals surface area (Å²) in [6.45, 7) is 1.96. The van der Waals surface area contributed by atoms with Crippen LogP contribution in [0.5, 0.6) is 0 Å². The van der Waals surface area contributed by atoms with Gasteiger partial charge in [0.15, 0.2) is 0 Å². The molecule has 4 nitrogen and oxygen atoms in total. The van der Waals surface area contributed by atoms with E-state index in [2.05, 4.69) is 4.74 Å². The van der Waals surface area contributed by atoms with Gasteiger partial charge in [-0.2, -0.15) is 5.26 Å². The molecule has 0 aliphatic heterocycles. The summed E-state index contributed by atoms with van der Waals surface area (Å²) >= 11 is 0. The molecule has 0 amide bonds. The quantitative estimate of drug-likeness (QED) is 0.732. The number of nitrogens with zero attached hydrogens (tertiary/aromatic N) is 1. The third-order valence-electron chi connectivity index (χ3n) is 2.12. The topological polar surface area (TPSA) is 76.1 Å². The van der Waals surface area contributed by atoms with Crippen LogP contribution in [-0.2, 0) is 11.3 Å². The first-order valence-electron chi connectivity index (χ1n) is 4.46. The molecule has 0 saturated carbocycles. The van der Waals surface area contributed by atoms with E-state index < -0.39 is 5.97 Å². The van der Waals surface area contributed by atoms with Gasteiger partial charge in [-0.05, 0) is 30.2 Å². The maximum atomic E-state index is 11.4. The number of rotatable bonds is 2. The Bertz CT molecular complexity index is 433. The molecule has 0 aromatic heterocycles. The Labute approximate surface area is 88.3 Å². The zero-order chi connectivity index (χ0) is 11.4. The summed E-state index contributed by atoms with van der Waals surface area (Å²) in [5, 5.41) is 8.90. The van der Waals surface area contributed by atoms with Gasteiger partial charge in [-0.1, -0.05) is 0 Å². The molecule has 1 aromatic rings. The van der Waals surface area contributed by atoms with E-state index in [1.54, 1.807) is 12.1 Å². The van der Waals surface area contributed by atoms with Gasteiger partial charge in [-0.15, -0.1) is 0 Å². The van der Waals surface area contributed by atoms with Crippen LogP contribution >= 0.6 is 0 Å². The van der Waals surface area contributed by atoms with Crippen LogP contribution in [0.15, 0.2) is 12.1 Å². The summed E-state index contributed by atoms with van der Waals surface area (Å²) in [5.74, 6) is -0.462. The summed E-state index contributed by atoms with van der Waals surface area (Å²) in [6, 6.07) is 5.40. The Morgan fingerprint density at radius 2 is 2.27 bits per heavy atom. The van der Waals surface area contributed by atoms with Crippen molar-refractivity contribution in [2.24, 2.45) is 5.73 Å². The Morgan fingerprint density at radius 1 is 1.60 bits per heavy atom. The van der Waals surface area contributed by atoms with Gasteiger partial charge in [0.05, 0.1) is 24.3 Å². The Balaban J connectivity index is 3.43. The summed E-state index contributed by atoms with van der Waals surface area (Å²) < 4.78 is 4.63. The van der Waals surface area contributed by atoms with Crippen LogP contribution in [0.2, 0.25) is 0 Å². The van der Waals surface area contributed by atoms with E-state index in [1.165, 1.54) is 7.11 Å². The fourth-order valence-corrected chi connectivity index (χ4v) is 1.43. The van der Waals surface area contributed by atoms with Gasteiger partial charge in [0.1, 0.15) is 0 Å². The van der Waals surface area contributed by atoms with E-state index in [0.717, 1.165) is 5.56 Å². The van der Waals surface area contributed by atoms with Crippen molar-refractivity contribution in [3.8, 4) is 6.07 Å². The first kappa shape index (κ1) is 11.2. The van der Waals surface area contributed by atoms with Crippen molar-refractivity contribution in [1.29, 1.82) is 5.26 Å². The van der Waals surface area contributed by atoms with Crippen LogP contribution in [-0.4, -0.2) is 13.1 Å². The predicted octanol–water partition coefficient (Wildman–Crippen LogP) is 1.11. The molecule has 2 N–H and O–H groups in total. The second-order valence-corrected chi connectivity index (χ2v) is 3.15. The Hall–Kier alpha value is -1.86. The number of aryl methyl sites for hydroxylation is 1. The van der Waals surface area contributed by atoms with Gasteiger partial charge < -0.3 is 10.5 Å². The molecule has 1 aromatic carbocycles. The summed E-state index contributed by atoms with van der Waals surface area (Å²) in [7, 11) is 1.30. The number of carbonyl (C=O) groups excluding carboxylic acids is 1. The Morgan fingerprint density at radius 3 is 2.73 bits per heavy atom. The molecule has 0 atom stereocenters. The number of esters is 1. The molecule has 4 heteroatoms. The van der Waals surface area contributed by atoms with Gasteiger partial charge in [0, 0.05) is 6.54 Å². The zero-order valence-corrected chi connectivity index (χ0v) is 8.70. The number of hydrogen-bond donors (Lipinski definition) is 1. The fraction of sp³-hybridized carbons (Fsp3) is 0.273. The molecule has 0 unspecified atom stereocenters. The molecule has 0 aliphatic rings. The molecular formula is C11H12N2O2. The summed E-state index contributed by atoms with van der Waals surface area (Å²) in [5.41, 5.74) is 7.69. The van der Waals surface area contributed by atoms with Gasteiger partial charge in [0.2, 0.25) is 0 Å². The highest BCUT2D eigenvalue weighted by Gasteiger charge is 2.15. The number of hydrogen-bond acceptors (Lipinski definition) is 4. The van der Waals surface area contributed by atoms with Crippen LogP contribution in [0.3, 0.4) is 0 Å². The van der Waals surface area contributed by atoms with Crippen molar-refractivity contribution in [2.45, 2.75) is 13.5 Å². The van der Waals surface area contributed by atoms with Gasteiger partial charge >= 0.3 is 5.97 Å². The largest absolute Gasteiger partial charge is 0.465 e. The molecular weight excluding hydrogens is 192 g/mol. The smallest absolute Gasteiger partial charge is 0.338 e. The molecule has 0 heterocycles. The van der Waals surface area contributed by atoms with Crippen molar-refractivity contribution >= 4 is 5.97 Å². The summed E-state index contributed by atoms with van der Waals surface area (Å²) in [4.78, 5) is 11.4. The third kappa shape index (κ3) is 2.14. The van der Waals surface area contributed by atoms with Gasteiger partial charge in [-0.25, -0.2) is 4.79 Å². The molecule has 0 fully saturated rings. The van der Waals surface area contributed by atoms with E-state index in [-0.39, 0.29) is 6.54 Å². The highest BCUT2D eigenvalue weighted by Crippen LogP contribution is 2.17. The minimum atomic E-state index is -0.462. The number of ether oxygens (including phenoxy) is 1. The van der Waals surface area contributed by atoms with Gasteiger partial charge in [0.25, 0.3) is 0 Å². The molecule has 78 valence electrons. The highest BCUT2D eigenvalue weighted by molar-refractivity contribution is 5.92. The van der Waals surface area contributed by atoms with Crippen molar-refractivity contribution in [2.75, 3.05) is 7.11 Å². The molecule has 15 heavy (non-hydrogen) atoms. The fourth-order valence-electron chi connectivity index (χ4n) is 1.43. The van der Waals surface area contributed by atoms with Crippen molar-refractivity contribution < 1.29 is 9.53 Å². The second kappa shape index (κ2) is 4.58. The molecule has 0 saturated heterocycles. The third-order valence-corrected chi connectivity index (χ3v) is 2.12. The van der Waals surface area contributed by atoms with Crippen LogP contribution in [0, 0.1) is 18.3 Å². The van der Waals surface area contributed by atoms with Crippen LogP contribution < -0.4 is 5.73 Å². The van der Waals surface area contributed by atoms with Crippen molar-refractivity contribution in [3.05, 3.63) is 34.4 Å². The Kier molecular flexibility index (Phi) is 3.42. The molecule has 0 radical (unpaired) electrons. The average Bonchev–Trinajstić information content (AvgIpc) is 2.26. The monoisotopic (exact) mass is 204 g/mol. The summed E-state index contributed by atoms with van der Waals surface area (Å²) in [6.07, 6.45) is 0. The lowest BCUT2D eigenvalue weighted by molar-refractivity contribution is 0.0599. The van der Waals surface area contributed by atoms with E-state index >= 15 is 0 Å². The lowest BCUT2D eigenvalue weighted by Crippen LogP contribution is -2.11. The van der Waals surface area contributed by atoms with E-state index in [1.807, 2.05) is 13.0 Å². The minimum absolute atomic E-state index is 0.146. The van der Waals surface area contributed by atoms with Crippen LogP contribution in [0.1, 0.15) is 27.0 Å². The van der Waals surface area contributed by atoms with Crippen molar-refractivity contribution in [3.63, 3.8) is 0 Å². The average molecular weight is 204 g/mol. The maximum Gasteiger partial charge on any atom is 0.338 e. The van der Waals surface area contributed by atoms with Crippen molar-refractivity contribution in [1.82, 2.24) is 0 Å². The van der Waals surface area contributed by atoms with E-state index in [9.17, 15) is 4.79 Å².